The van der Waals surface area contributed by atoms with Crippen LogP contribution in [0.25, 0.3) is 0 Å². The van der Waals surface area contributed by atoms with Crippen molar-refractivity contribution in [2.75, 3.05) is 6.54 Å². The Kier molecular flexibility index (Phi) is 14.3. The van der Waals surface area contributed by atoms with Gasteiger partial charge in [-0.25, -0.2) is 0 Å². The lowest BCUT2D eigenvalue weighted by Gasteiger charge is -2.14. The number of nitrogens with two attached hydrogens (primary N) is 2. The Morgan fingerprint density at radius 2 is 1.76 bits per heavy atom. The van der Waals surface area contributed by atoms with Crippen molar-refractivity contribution in [2.24, 2.45) is 17.4 Å². The van der Waals surface area contributed by atoms with E-state index in [1.54, 1.807) is 0 Å². The van der Waals surface area contributed by atoms with Crippen LogP contribution in [0.15, 0.2) is 30.3 Å². The largest absolute Gasteiger partial charge is 0.330 e. The van der Waals surface area contributed by atoms with E-state index in [1.165, 1.54) is 5.56 Å². The monoisotopic (exact) mass is 330 g/mol. The average molecular weight is 331 g/mol. The lowest BCUT2D eigenvalue weighted by atomic mass is 9.92. The van der Waals surface area contributed by atoms with Gasteiger partial charge in [-0.15, -0.1) is 0 Å². The smallest absolute Gasteiger partial charge is 0.149 e. The van der Waals surface area contributed by atoms with Crippen molar-refractivity contribution in [1.82, 2.24) is 0 Å². The Hall–Kier alpha value is -0.490. The number of hydrogen-bond donors (Lipinski definition) is 2. The van der Waals surface area contributed by atoms with Crippen molar-refractivity contribution in [2.45, 2.75) is 45.1 Å². The normalized spacial score (nSPS) is 12.7. The summed E-state index contributed by atoms with van der Waals surface area (Å²) in [4.78, 5) is 12.0. The van der Waals surface area contributed by atoms with E-state index in [4.69, 9.17) is 11.5 Å². The Morgan fingerprint density at radius 1 is 1.14 bits per heavy atom. The van der Waals surface area contributed by atoms with E-state index in [9.17, 15) is 4.79 Å². The molecule has 0 aromatic heterocycles. The van der Waals surface area contributed by atoms with Gasteiger partial charge in [0.05, 0.1) is 6.04 Å². The van der Waals surface area contributed by atoms with Crippen LogP contribution < -0.4 is 11.5 Å². The summed E-state index contributed by atoms with van der Waals surface area (Å²) in [6.45, 7) is 2.78. The fourth-order valence-corrected chi connectivity index (χ4v) is 2.25. The number of carbonyl (C=O) groups is 1. The molecule has 0 amide bonds. The Labute approximate surface area is 142 Å². The average Bonchev–Trinajstić information content (AvgIpc) is 2.39. The van der Waals surface area contributed by atoms with E-state index in [0.29, 0.717) is 18.9 Å². The number of hydrogen-bond acceptors (Lipinski definition) is 3. The summed E-state index contributed by atoms with van der Waals surface area (Å²) in [5.41, 5.74) is 12.6. The Morgan fingerprint density at radius 3 is 2.33 bits per heavy atom. The fourth-order valence-electron chi connectivity index (χ4n) is 2.25. The Bertz CT molecular complexity index is 374. The molecule has 3 nitrogen and oxygen atoms in total. The van der Waals surface area contributed by atoms with Gasteiger partial charge in [0.2, 0.25) is 0 Å². The molecule has 0 aliphatic heterocycles. The number of carbonyl (C=O) groups excluding carboxylic acids is 1. The molecule has 1 aromatic rings. The lowest BCUT2D eigenvalue weighted by Crippen LogP contribution is -2.31. The zero-order valence-corrected chi connectivity index (χ0v) is 14.8. The van der Waals surface area contributed by atoms with Gasteiger partial charge in [-0.2, -0.15) is 27.0 Å². The standard InChI is InChI=1S/C16H26N2O.2H2S/c1-13(11-14-7-3-2-4-8-14)12-16(19)15(18)9-5-6-10-17;;/h2-4,7-8,13,15H,5-6,9-12,17-18H2,1H3;2*1H2/t13-,15-;;/m0../s1. The van der Waals surface area contributed by atoms with Gasteiger partial charge in [0.25, 0.3) is 0 Å². The summed E-state index contributed by atoms with van der Waals surface area (Å²) in [5.74, 6) is 0.524. The second-order valence-corrected chi connectivity index (χ2v) is 5.36. The predicted molar refractivity (Wildman–Crippen MR) is 101 cm³/mol. The zero-order chi connectivity index (χ0) is 14.1. The highest BCUT2D eigenvalue weighted by Crippen LogP contribution is 2.13. The van der Waals surface area contributed by atoms with Crippen molar-refractivity contribution < 1.29 is 4.79 Å². The minimum absolute atomic E-state index is 0. The van der Waals surface area contributed by atoms with Gasteiger partial charge in [0.15, 0.2) is 0 Å². The molecule has 0 aliphatic rings. The van der Waals surface area contributed by atoms with Crippen molar-refractivity contribution in [3.05, 3.63) is 35.9 Å². The molecule has 0 saturated carbocycles. The summed E-state index contributed by atoms with van der Waals surface area (Å²) < 4.78 is 0. The number of Topliss-reactive ketones (excluding diaryl/α,β-unsaturated/α-hetero) is 1. The van der Waals surface area contributed by atoms with Crippen LogP contribution in [0.5, 0.6) is 0 Å². The molecule has 2 atom stereocenters. The lowest BCUT2D eigenvalue weighted by molar-refractivity contribution is -0.121. The van der Waals surface area contributed by atoms with E-state index in [-0.39, 0.29) is 38.8 Å². The van der Waals surface area contributed by atoms with E-state index in [0.717, 1.165) is 25.7 Å². The van der Waals surface area contributed by atoms with Gasteiger partial charge in [0, 0.05) is 6.42 Å². The van der Waals surface area contributed by atoms with Crippen LogP contribution >= 0.6 is 27.0 Å². The second kappa shape index (κ2) is 13.2. The van der Waals surface area contributed by atoms with E-state index < -0.39 is 0 Å². The summed E-state index contributed by atoms with van der Waals surface area (Å²) >= 11 is 0. The number of ketones is 1. The number of rotatable bonds is 9. The molecule has 1 rings (SSSR count). The number of benzene rings is 1. The van der Waals surface area contributed by atoms with Gasteiger partial charge < -0.3 is 11.5 Å². The van der Waals surface area contributed by atoms with Crippen LogP contribution in [0.3, 0.4) is 0 Å². The maximum atomic E-state index is 12.0. The zero-order valence-electron chi connectivity index (χ0n) is 12.8. The van der Waals surface area contributed by atoms with E-state index in [2.05, 4.69) is 19.1 Å². The molecule has 21 heavy (non-hydrogen) atoms. The van der Waals surface area contributed by atoms with Gasteiger partial charge in [0.1, 0.15) is 5.78 Å². The van der Waals surface area contributed by atoms with E-state index >= 15 is 0 Å². The third kappa shape index (κ3) is 9.96. The highest BCUT2D eigenvalue weighted by molar-refractivity contribution is 7.59. The highest BCUT2D eigenvalue weighted by Gasteiger charge is 2.16. The van der Waals surface area contributed by atoms with Gasteiger partial charge >= 0.3 is 0 Å². The first-order valence-electron chi connectivity index (χ1n) is 7.15. The first kappa shape index (κ1) is 22.8. The first-order valence-corrected chi connectivity index (χ1v) is 7.15. The van der Waals surface area contributed by atoms with Crippen LogP contribution in [-0.2, 0) is 11.2 Å². The molecule has 0 spiro atoms. The highest BCUT2D eigenvalue weighted by atomic mass is 32.1. The third-order valence-electron chi connectivity index (χ3n) is 3.36. The molecule has 0 unspecified atom stereocenters. The molecule has 0 aliphatic carbocycles. The van der Waals surface area contributed by atoms with Crippen molar-refractivity contribution in [3.8, 4) is 0 Å². The molecule has 5 heteroatoms. The number of unbranched alkanes of at least 4 members (excludes halogenated alkanes) is 1. The molecule has 0 fully saturated rings. The summed E-state index contributed by atoms with van der Waals surface area (Å²) in [5, 5.41) is 0. The molecule has 0 bridgehead atoms. The van der Waals surface area contributed by atoms with Crippen molar-refractivity contribution >= 4 is 32.8 Å². The maximum absolute atomic E-state index is 12.0. The van der Waals surface area contributed by atoms with Crippen LogP contribution in [0.2, 0.25) is 0 Å². The minimum Gasteiger partial charge on any atom is -0.330 e. The Balaban J connectivity index is 0. The molecule has 0 heterocycles. The quantitative estimate of drug-likeness (QED) is 0.684. The minimum atomic E-state index is -0.315. The molecule has 4 N–H and O–H groups in total. The molecule has 122 valence electrons. The van der Waals surface area contributed by atoms with Gasteiger partial charge in [-0.05, 0) is 37.3 Å². The third-order valence-corrected chi connectivity index (χ3v) is 3.36. The van der Waals surface area contributed by atoms with Crippen LogP contribution in [0, 0.1) is 5.92 Å². The molecular weight excluding hydrogens is 300 g/mol. The van der Waals surface area contributed by atoms with Gasteiger partial charge in [-0.1, -0.05) is 43.7 Å². The topological polar surface area (TPSA) is 69.1 Å². The summed E-state index contributed by atoms with van der Waals surface area (Å²) in [7, 11) is 0. The van der Waals surface area contributed by atoms with Crippen molar-refractivity contribution in [1.29, 1.82) is 0 Å². The molecule has 1 aromatic carbocycles. The SMILES string of the molecule is C[C@H](CC(=O)[C@@H](N)CCCCN)Cc1ccccc1.S.S. The second-order valence-electron chi connectivity index (χ2n) is 5.36. The summed E-state index contributed by atoms with van der Waals surface area (Å²) in [6.07, 6.45) is 4.14. The fraction of sp³-hybridized carbons (Fsp3) is 0.562. The van der Waals surface area contributed by atoms with Crippen LogP contribution in [0.1, 0.15) is 38.2 Å². The van der Waals surface area contributed by atoms with E-state index in [1.807, 2.05) is 18.2 Å². The summed E-state index contributed by atoms with van der Waals surface area (Å²) in [6, 6.07) is 9.95. The van der Waals surface area contributed by atoms with Crippen molar-refractivity contribution in [3.63, 3.8) is 0 Å². The predicted octanol–water partition coefficient (Wildman–Crippen LogP) is 2.51. The molecule has 0 saturated heterocycles. The van der Waals surface area contributed by atoms with Crippen LogP contribution in [0.4, 0.5) is 0 Å². The van der Waals surface area contributed by atoms with Gasteiger partial charge in [-0.3, -0.25) is 4.79 Å². The first-order chi connectivity index (χ1) is 9.13. The molecule has 0 radical (unpaired) electrons. The van der Waals surface area contributed by atoms with Crippen LogP contribution in [-0.4, -0.2) is 18.4 Å². The maximum Gasteiger partial charge on any atom is 0.149 e. The molecular formula is C16H30N2OS2.